The van der Waals surface area contributed by atoms with Crippen LogP contribution in [-0.2, 0) is 4.74 Å². The first-order valence-corrected chi connectivity index (χ1v) is 6.93. The Morgan fingerprint density at radius 3 is 2.76 bits per heavy atom. The molecular formula is C13H19N7O. The number of hydrogen-bond donors (Lipinski definition) is 2. The predicted molar refractivity (Wildman–Crippen MR) is 78.6 cm³/mol. The summed E-state index contributed by atoms with van der Waals surface area (Å²) >= 11 is 0. The van der Waals surface area contributed by atoms with Crippen LogP contribution >= 0.6 is 0 Å². The molecule has 1 aliphatic heterocycles. The van der Waals surface area contributed by atoms with Crippen LogP contribution in [0.2, 0.25) is 0 Å². The Morgan fingerprint density at radius 2 is 2.14 bits per heavy atom. The van der Waals surface area contributed by atoms with Gasteiger partial charge in [-0.05, 0) is 20.3 Å². The number of ether oxygens (including phenoxy) is 1. The Labute approximate surface area is 123 Å². The Balaban J connectivity index is 1.93. The minimum absolute atomic E-state index is 0.101. The van der Waals surface area contributed by atoms with Gasteiger partial charge in [-0.3, -0.25) is 4.57 Å². The lowest BCUT2D eigenvalue weighted by Crippen LogP contribution is -2.42. The fraction of sp³-hybridized carbons (Fsp3) is 0.538. The van der Waals surface area contributed by atoms with Crippen LogP contribution in [0.25, 0.3) is 5.95 Å². The first-order valence-electron chi connectivity index (χ1n) is 6.93. The van der Waals surface area contributed by atoms with Gasteiger partial charge in [-0.25, -0.2) is 4.98 Å². The van der Waals surface area contributed by atoms with Crippen LogP contribution in [-0.4, -0.2) is 49.8 Å². The van der Waals surface area contributed by atoms with Crippen molar-refractivity contribution in [2.24, 2.45) is 0 Å². The molecule has 112 valence electrons. The van der Waals surface area contributed by atoms with Gasteiger partial charge in [0.15, 0.2) is 0 Å². The highest BCUT2D eigenvalue weighted by atomic mass is 16.5. The number of nitrogens with one attached hydrogen (secondary N) is 2. The highest BCUT2D eigenvalue weighted by Gasteiger charge is 2.37. The van der Waals surface area contributed by atoms with Crippen molar-refractivity contribution in [3.05, 3.63) is 18.7 Å². The maximum absolute atomic E-state index is 5.64. The van der Waals surface area contributed by atoms with Gasteiger partial charge in [-0.2, -0.15) is 15.0 Å². The maximum Gasteiger partial charge on any atom is 0.241 e. The molecule has 0 radical (unpaired) electrons. The summed E-state index contributed by atoms with van der Waals surface area (Å²) in [5.74, 6) is 1.55. The standard InChI is InChI=1S/C13H19N7O/c1-9-13(2,4-7-21-9)19-11-16-10(14-3)17-12(18-11)20-6-5-15-8-20/h5-6,8-9H,4,7H2,1-3H3,(H2,14,16,17,18,19). The molecule has 0 bridgehead atoms. The fourth-order valence-electron chi connectivity index (χ4n) is 2.28. The van der Waals surface area contributed by atoms with Gasteiger partial charge in [0.05, 0.1) is 11.6 Å². The molecule has 0 amide bonds. The molecule has 0 aromatic carbocycles. The quantitative estimate of drug-likeness (QED) is 0.870. The molecule has 1 saturated heterocycles. The third kappa shape index (κ3) is 2.66. The van der Waals surface area contributed by atoms with E-state index in [2.05, 4.69) is 44.4 Å². The normalized spacial score (nSPS) is 25.0. The van der Waals surface area contributed by atoms with Crippen molar-refractivity contribution in [1.29, 1.82) is 0 Å². The predicted octanol–water partition coefficient (Wildman–Crippen LogP) is 1.08. The van der Waals surface area contributed by atoms with E-state index >= 15 is 0 Å². The highest BCUT2D eigenvalue weighted by Crippen LogP contribution is 2.28. The van der Waals surface area contributed by atoms with Crippen LogP contribution in [0.1, 0.15) is 20.3 Å². The second kappa shape index (κ2) is 5.28. The van der Waals surface area contributed by atoms with Crippen LogP contribution < -0.4 is 10.6 Å². The molecule has 2 aromatic heterocycles. The average Bonchev–Trinajstić information content (AvgIpc) is 3.10. The first kappa shape index (κ1) is 13.7. The van der Waals surface area contributed by atoms with Crippen LogP contribution in [0.4, 0.5) is 11.9 Å². The van der Waals surface area contributed by atoms with Gasteiger partial charge in [0.25, 0.3) is 0 Å². The number of nitrogens with zero attached hydrogens (tertiary/aromatic N) is 5. The van der Waals surface area contributed by atoms with Gasteiger partial charge in [-0.15, -0.1) is 0 Å². The Kier molecular flexibility index (Phi) is 3.46. The smallest absolute Gasteiger partial charge is 0.241 e. The second-order valence-corrected chi connectivity index (χ2v) is 5.31. The van der Waals surface area contributed by atoms with Gasteiger partial charge in [-0.1, -0.05) is 0 Å². The third-order valence-corrected chi connectivity index (χ3v) is 3.87. The maximum atomic E-state index is 5.64. The molecule has 1 aliphatic rings. The zero-order chi connectivity index (χ0) is 14.9. The van der Waals surface area contributed by atoms with Gasteiger partial charge in [0, 0.05) is 26.0 Å². The Morgan fingerprint density at radius 1 is 1.33 bits per heavy atom. The Hall–Kier alpha value is -2.22. The molecule has 0 spiro atoms. The summed E-state index contributed by atoms with van der Waals surface area (Å²) in [5.41, 5.74) is -0.182. The summed E-state index contributed by atoms with van der Waals surface area (Å²) < 4.78 is 7.38. The molecule has 2 aromatic rings. The van der Waals surface area contributed by atoms with Crippen molar-refractivity contribution in [3.8, 4) is 5.95 Å². The van der Waals surface area contributed by atoms with Crippen LogP contribution in [0.5, 0.6) is 0 Å². The van der Waals surface area contributed by atoms with Crippen molar-refractivity contribution in [2.45, 2.75) is 31.9 Å². The monoisotopic (exact) mass is 289 g/mol. The van der Waals surface area contributed by atoms with Gasteiger partial charge < -0.3 is 15.4 Å². The molecule has 2 unspecified atom stereocenters. The molecule has 3 heterocycles. The molecule has 8 nitrogen and oxygen atoms in total. The number of imidazole rings is 1. The van der Waals surface area contributed by atoms with E-state index in [0.717, 1.165) is 13.0 Å². The van der Waals surface area contributed by atoms with Crippen LogP contribution in [0, 0.1) is 0 Å². The minimum Gasteiger partial charge on any atom is -0.376 e. The summed E-state index contributed by atoms with van der Waals surface area (Å²) in [6.07, 6.45) is 6.14. The van der Waals surface area contributed by atoms with Gasteiger partial charge in [0.2, 0.25) is 17.8 Å². The number of aromatic nitrogens is 5. The van der Waals surface area contributed by atoms with Crippen molar-refractivity contribution in [3.63, 3.8) is 0 Å². The molecule has 8 heteroatoms. The van der Waals surface area contributed by atoms with Crippen molar-refractivity contribution < 1.29 is 4.74 Å². The topological polar surface area (TPSA) is 89.8 Å². The fourth-order valence-corrected chi connectivity index (χ4v) is 2.28. The molecule has 21 heavy (non-hydrogen) atoms. The molecule has 2 N–H and O–H groups in total. The number of hydrogen-bond acceptors (Lipinski definition) is 7. The molecule has 0 aliphatic carbocycles. The lowest BCUT2D eigenvalue weighted by molar-refractivity contribution is 0.105. The second-order valence-electron chi connectivity index (χ2n) is 5.31. The van der Waals surface area contributed by atoms with E-state index < -0.39 is 0 Å². The van der Waals surface area contributed by atoms with Crippen molar-refractivity contribution in [2.75, 3.05) is 24.3 Å². The highest BCUT2D eigenvalue weighted by molar-refractivity contribution is 5.40. The molecule has 0 saturated carbocycles. The molecular weight excluding hydrogens is 270 g/mol. The lowest BCUT2D eigenvalue weighted by Gasteiger charge is -2.28. The van der Waals surface area contributed by atoms with E-state index in [9.17, 15) is 0 Å². The minimum atomic E-state index is -0.182. The van der Waals surface area contributed by atoms with E-state index in [4.69, 9.17) is 4.74 Å². The summed E-state index contributed by atoms with van der Waals surface area (Å²) in [5, 5.41) is 6.33. The van der Waals surface area contributed by atoms with E-state index in [-0.39, 0.29) is 11.6 Å². The van der Waals surface area contributed by atoms with Crippen molar-refractivity contribution >= 4 is 11.9 Å². The summed E-state index contributed by atoms with van der Waals surface area (Å²) in [6.45, 7) is 4.91. The van der Waals surface area contributed by atoms with E-state index in [1.807, 2.05) is 0 Å². The van der Waals surface area contributed by atoms with E-state index in [1.54, 1.807) is 30.3 Å². The molecule has 3 rings (SSSR count). The van der Waals surface area contributed by atoms with Crippen molar-refractivity contribution in [1.82, 2.24) is 24.5 Å². The number of anilines is 2. The molecule has 1 fully saturated rings. The van der Waals surface area contributed by atoms with Crippen LogP contribution in [0.3, 0.4) is 0 Å². The van der Waals surface area contributed by atoms with Gasteiger partial charge >= 0.3 is 0 Å². The SMILES string of the molecule is CNc1nc(NC2(C)CCOC2C)nc(-n2ccnc2)n1. The number of rotatable bonds is 4. The summed E-state index contributed by atoms with van der Waals surface area (Å²) in [7, 11) is 1.78. The van der Waals surface area contributed by atoms with E-state index in [1.165, 1.54) is 0 Å². The van der Waals surface area contributed by atoms with Crippen LogP contribution in [0.15, 0.2) is 18.7 Å². The zero-order valence-corrected chi connectivity index (χ0v) is 12.4. The summed E-state index contributed by atoms with van der Waals surface area (Å²) in [4.78, 5) is 17.2. The lowest BCUT2D eigenvalue weighted by atomic mass is 9.95. The first-order chi connectivity index (χ1) is 10.1. The average molecular weight is 289 g/mol. The Bertz CT molecular complexity index is 615. The molecule has 2 atom stereocenters. The third-order valence-electron chi connectivity index (χ3n) is 3.87. The van der Waals surface area contributed by atoms with Gasteiger partial charge in [0.1, 0.15) is 6.33 Å². The zero-order valence-electron chi connectivity index (χ0n) is 12.4. The van der Waals surface area contributed by atoms with E-state index in [0.29, 0.717) is 17.8 Å². The summed E-state index contributed by atoms with van der Waals surface area (Å²) in [6, 6.07) is 0. The largest absolute Gasteiger partial charge is 0.376 e.